The van der Waals surface area contributed by atoms with Crippen LogP contribution in [-0.4, -0.2) is 14.8 Å². The summed E-state index contributed by atoms with van der Waals surface area (Å²) in [5.41, 5.74) is 2.79. The van der Waals surface area contributed by atoms with Crippen LogP contribution in [0.5, 0.6) is 0 Å². The monoisotopic (exact) mass is 254 g/mol. The fraction of sp³-hybridized carbons (Fsp3) is 0.154. The lowest BCUT2D eigenvalue weighted by molar-refractivity contribution is 0.875. The van der Waals surface area contributed by atoms with Gasteiger partial charge >= 0.3 is 0 Å². The van der Waals surface area contributed by atoms with Gasteiger partial charge in [0.25, 0.3) is 0 Å². The number of para-hydroxylation sites is 1. The van der Waals surface area contributed by atoms with Crippen molar-refractivity contribution in [3.8, 4) is 11.8 Å². The van der Waals surface area contributed by atoms with Gasteiger partial charge in [-0.25, -0.2) is 9.67 Å². The second kappa shape index (κ2) is 4.24. The minimum absolute atomic E-state index is 0.355. The highest BCUT2D eigenvalue weighted by molar-refractivity contribution is 7.18. The van der Waals surface area contributed by atoms with Gasteiger partial charge in [-0.3, -0.25) is 0 Å². The van der Waals surface area contributed by atoms with E-state index in [1.807, 2.05) is 41.9 Å². The molecule has 0 bridgehead atoms. The maximum absolute atomic E-state index is 8.73. The number of aryl methyl sites for hydroxylation is 1. The summed E-state index contributed by atoms with van der Waals surface area (Å²) < 4.78 is 2.89. The first-order valence-electron chi connectivity index (χ1n) is 5.57. The Kier molecular flexibility index (Phi) is 2.58. The Hall–Kier alpha value is -2.19. The van der Waals surface area contributed by atoms with Gasteiger partial charge in [-0.05, 0) is 19.1 Å². The molecule has 0 aliphatic heterocycles. The van der Waals surface area contributed by atoms with Crippen molar-refractivity contribution in [2.75, 3.05) is 0 Å². The van der Waals surface area contributed by atoms with Gasteiger partial charge in [0, 0.05) is 0 Å². The van der Waals surface area contributed by atoms with Gasteiger partial charge in [0.05, 0.1) is 28.6 Å². The van der Waals surface area contributed by atoms with Crippen molar-refractivity contribution in [2.45, 2.75) is 13.3 Å². The Labute approximate surface area is 108 Å². The van der Waals surface area contributed by atoms with Crippen LogP contribution in [0.2, 0.25) is 0 Å². The number of aromatic nitrogens is 3. The molecule has 18 heavy (non-hydrogen) atoms. The van der Waals surface area contributed by atoms with E-state index in [1.54, 1.807) is 11.3 Å². The number of benzene rings is 1. The summed E-state index contributed by atoms with van der Waals surface area (Å²) in [6, 6.07) is 12.0. The van der Waals surface area contributed by atoms with Crippen LogP contribution in [0, 0.1) is 18.3 Å². The van der Waals surface area contributed by atoms with Crippen LogP contribution in [0.25, 0.3) is 16.0 Å². The predicted octanol–water partition coefficient (Wildman–Crippen LogP) is 2.86. The van der Waals surface area contributed by atoms with E-state index in [0.29, 0.717) is 6.42 Å². The molecule has 0 amide bonds. The second-order valence-corrected chi connectivity index (χ2v) is 5.01. The van der Waals surface area contributed by atoms with E-state index in [4.69, 9.17) is 5.26 Å². The highest BCUT2D eigenvalue weighted by Crippen LogP contribution is 2.27. The normalized spacial score (nSPS) is 10.7. The summed E-state index contributed by atoms with van der Waals surface area (Å²) in [6.45, 7) is 1.97. The van der Waals surface area contributed by atoms with Crippen LogP contribution >= 0.6 is 11.3 Å². The van der Waals surface area contributed by atoms with Crippen LogP contribution in [0.15, 0.2) is 30.3 Å². The molecule has 0 unspecified atom stereocenters. The molecule has 0 N–H and O–H groups in total. The Morgan fingerprint density at radius 3 is 2.83 bits per heavy atom. The molecule has 4 nitrogen and oxygen atoms in total. The third-order valence-electron chi connectivity index (χ3n) is 2.66. The van der Waals surface area contributed by atoms with Crippen molar-refractivity contribution in [3.63, 3.8) is 0 Å². The van der Waals surface area contributed by atoms with E-state index < -0.39 is 0 Å². The van der Waals surface area contributed by atoms with Gasteiger partial charge < -0.3 is 0 Å². The highest BCUT2D eigenvalue weighted by Gasteiger charge is 2.14. The molecule has 0 aliphatic carbocycles. The Morgan fingerprint density at radius 1 is 1.33 bits per heavy atom. The minimum Gasteiger partial charge on any atom is -0.220 e. The average Bonchev–Trinajstić information content (AvgIpc) is 2.92. The number of rotatable bonds is 2. The largest absolute Gasteiger partial charge is 0.220 e. The van der Waals surface area contributed by atoms with Crippen LogP contribution in [-0.2, 0) is 6.42 Å². The third-order valence-corrected chi connectivity index (χ3v) is 3.82. The molecule has 0 aliphatic rings. The quantitative estimate of drug-likeness (QED) is 0.706. The van der Waals surface area contributed by atoms with E-state index in [0.717, 1.165) is 26.7 Å². The third kappa shape index (κ3) is 1.67. The van der Waals surface area contributed by atoms with Crippen LogP contribution < -0.4 is 0 Å². The number of thiazole rings is 1. The number of nitriles is 1. The fourth-order valence-electron chi connectivity index (χ4n) is 1.87. The summed E-state index contributed by atoms with van der Waals surface area (Å²) in [4.78, 5) is 4.50. The number of hydrogen-bond acceptors (Lipinski definition) is 4. The summed E-state index contributed by atoms with van der Waals surface area (Å²) in [5.74, 6) is 0. The van der Waals surface area contributed by atoms with E-state index in [9.17, 15) is 0 Å². The second-order valence-electron chi connectivity index (χ2n) is 3.93. The molecule has 0 saturated carbocycles. The van der Waals surface area contributed by atoms with Gasteiger partial charge in [-0.2, -0.15) is 10.4 Å². The van der Waals surface area contributed by atoms with E-state index in [2.05, 4.69) is 16.2 Å². The van der Waals surface area contributed by atoms with Crippen LogP contribution in [0.4, 0.5) is 0 Å². The fourth-order valence-corrected chi connectivity index (χ4v) is 2.79. The van der Waals surface area contributed by atoms with Gasteiger partial charge in [0.1, 0.15) is 5.01 Å². The molecule has 0 saturated heterocycles. The molecule has 0 fully saturated rings. The molecule has 5 heteroatoms. The van der Waals surface area contributed by atoms with Gasteiger partial charge in [-0.1, -0.05) is 18.2 Å². The zero-order chi connectivity index (χ0) is 12.5. The van der Waals surface area contributed by atoms with Crippen molar-refractivity contribution >= 4 is 21.7 Å². The summed E-state index contributed by atoms with van der Waals surface area (Å²) in [5, 5.41) is 14.1. The van der Waals surface area contributed by atoms with Gasteiger partial charge in [0.15, 0.2) is 5.65 Å². The van der Waals surface area contributed by atoms with Gasteiger partial charge in [0.2, 0.25) is 0 Å². The number of fused-ring (bicyclic) bond motifs is 1. The summed E-state index contributed by atoms with van der Waals surface area (Å²) >= 11 is 1.55. The van der Waals surface area contributed by atoms with E-state index >= 15 is 0 Å². The molecule has 3 rings (SSSR count). The first kappa shape index (κ1) is 10.9. The van der Waals surface area contributed by atoms with E-state index in [1.165, 1.54) is 0 Å². The summed E-state index contributed by atoms with van der Waals surface area (Å²) in [7, 11) is 0. The lowest BCUT2D eigenvalue weighted by Gasteiger charge is -2.00. The maximum atomic E-state index is 8.73. The highest BCUT2D eigenvalue weighted by atomic mass is 32.1. The molecule has 0 atom stereocenters. The molecule has 2 heterocycles. The summed E-state index contributed by atoms with van der Waals surface area (Å²) in [6.07, 6.45) is 0.355. The molecule has 0 radical (unpaired) electrons. The van der Waals surface area contributed by atoms with Crippen molar-refractivity contribution in [1.82, 2.24) is 14.8 Å². The van der Waals surface area contributed by atoms with Crippen molar-refractivity contribution < 1.29 is 0 Å². The average molecular weight is 254 g/mol. The zero-order valence-corrected chi connectivity index (χ0v) is 10.6. The molecular weight excluding hydrogens is 244 g/mol. The Balaban J connectivity index is 2.21. The lowest BCUT2D eigenvalue weighted by Crippen LogP contribution is -1.97. The van der Waals surface area contributed by atoms with E-state index in [-0.39, 0.29) is 0 Å². The molecule has 1 aromatic carbocycles. The molecule has 88 valence electrons. The topological polar surface area (TPSA) is 54.5 Å². The molecule has 3 aromatic rings. The first-order valence-corrected chi connectivity index (χ1v) is 6.38. The SMILES string of the molecule is Cc1nn(-c2ccccc2)c2nc(CC#N)sc12. The standard InChI is InChI=1S/C13H10N4S/c1-9-12-13(15-11(18-12)7-8-14)17(16-9)10-5-3-2-4-6-10/h2-6H,7H2,1H3. The van der Waals surface area contributed by atoms with Crippen molar-refractivity contribution in [2.24, 2.45) is 0 Å². The molecule has 2 aromatic heterocycles. The predicted molar refractivity (Wildman–Crippen MR) is 70.8 cm³/mol. The smallest absolute Gasteiger partial charge is 0.174 e. The molecular formula is C13H10N4S. The van der Waals surface area contributed by atoms with Crippen molar-refractivity contribution in [3.05, 3.63) is 41.0 Å². The van der Waals surface area contributed by atoms with Crippen LogP contribution in [0.3, 0.4) is 0 Å². The van der Waals surface area contributed by atoms with Gasteiger partial charge in [-0.15, -0.1) is 11.3 Å². The minimum atomic E-state index is 0.355. The Bertz CT molecular complexity index is 734. The van der Waals surface area contributed by atoms with Crippen LogP contribution in [0.1, 0.15) is 10.7 Å². The zero-order valence-electron chi connectivity index (χ0n) is 9.79. The maximum Gasteiger partial charge on any atom is 0.174 e. The van der Waals surface area contributed by atoms with Crippen molar-refractivity contribution in [1.29, 1.82) is 5.26 Å². The number of hydrogen-bond donors (Lipinski definition) is 0. The Morgan fingerprint density at radius 2 is 2.11 bits per heavy atom. The number of nitrogens with zero attached hydrogens (tertiary/aromatic N) is 4. The lowest BCUT2D eigenvalue weighted by atomic mass is 10.3. The molecule has 0 spiro atoms. The first-order chi connectivity index (χ1) is 8.79.